The topological polar surface area (TPSA) is 54.0 Å². The Kier molecular flexibility index (Phi) is 5.01. The van der Waals surface area contributed by atoms with Crippen molar-refractivity contribution >= 4 is 11.7 Å². The molecule has 2 aliphatic rings. The number of morpholine rings is 1. The van der Waals surface area contributed by atoms with Gasteiger partial charge in [0, 0.05) is 26.2 Å². The maximum absolute atomic E-state index is 12.5. The summed E-state index contributed by atoms with van der Waals surface area (Å²) in [6.07, 6.45) is 5.22. The third-order valence-electron chi connectivity index (χ3n) is 4.16. The number of carbonyl (C=O) groups excluding carboxylic acids is 1. The number of para-hydroxylation sites is 2. The largest absolute Gasteiger partial charge is 0.479 e. The molecule has 122 valence electrons. The average Bonchev–Trinajstić information content (AvgIpc) is 2.60. The van der Waals surface area contributed by atoms with Gasteiger partial charge in [0.15, 0.2) is 0 Å². The molecule has 2 saturated heterocycles. The minimum absolute atomic E-state index is 0.119. The van der Waals surface area contributed by atoms with E-state index < -0.39 is 0 Å². The van der Waals surface area contributed by atoms with Crippen molar-refractivity contribution in [3.8, 4) is 18.1 Å². The van der Waals surface area contributed by atoms with E-state index in [2.05, 4.69) is 16.1 Å². The first kappa shape index (κ1) is 15.7. The number of hydrogen-bond acceptors (Lipinski definition) is 4. The molecule has 0 aliphatic carbocycles. The van der Waals surface area contributed by atoms with Gasteiger partial charge < -0.3 is 19.7 Å². The number of benzene rings is 1. The second-order valence-corrected chi connectivity index (χ2v) is 5.63. The van der Waals surface area contributed by atoms with E-state index in [1.807, 2.05) is 23.1 Å². The standard InChI is InChI=1S/C17H21N3O3/c1-2-10-23-16-6-4-3-5-15(16)18-17(21)20-8-7-19-9-11-22-13-14(19)12-20/h1,3-6,14H,7-13H2,(H,18,21)/t14-/m1/s1. The van der Waals surface area contributed by atoms with Crippen LogP contribution in [0.4, 0.5) is 10.5 Å². The molecule has 1 aromatic carbocycles. The molecule has 23 heavy (non-hydrogen) atoms. The number of hydrogen-bond donors (Lipinski definition) is 1. The summed E-state index contributed by atoms with van der Waals surface area (Å²) >= 11 is 0. The molecule has 0 radical (unpaired) electrons. The number of fused-ring (bicyclic) bond motifs is 1. The predicted octanol–water partition coefficient (Wildman–Crippen LogP) is 1.25. The van der Waals surface area contributed by atoms with Crippen molar-refractivity contribution in [3.05, 3.63) is 24.3 Å². The lowest BCUT2D eigenvalue weighted by molar-refractivity contribution is -0.0355. The molecule has 0 aromatic heterocycles. The molecule has 6 heteroatoms. The molecule has 2 fully saturated rings. The Labute approximate surface area is 136 Å². The lowest BCUT2D eigenvalue weighted by Crippen LogP contribution is -2.59. The zero-order valence-corrected chi connectivity index (χ0v) is 13.0. The Bertz CT molecular complexity index is 599. The number of urea groups is 1. The van der Waals surface area contributed by atoms with E-state index in [1.54, 1.807) is 6.07 Å². The Morgan fingerprint density at radius 3 is 3.13 bits per heavy atom. The molecule has 2 aliphatic heterocycles. The summed E-state index contributed by atoms with van der Waals surface area (Å²) in [5.74, 6) is 3.01. The van der Waals surface area contributed by atoms with E-state index in [1.165, 1.54) is 0 Å². The second-order valence-electron chi connectivity index (χ2n) is 5.63. The number of nitrogens with zero attached hydrogens (tertiary/aromatic N) is 2. The first-order valence-corrected chi connectivity index (χ1v) is 7.81. The zero-order valence-electron chi connectivity index (χ0n) is 13.0. The van der Waals surface area contributed by atoms with Crippen LogP contribution in [0.25, 0.3) is 0 Å². The zero-order chi connectivity index (χ0) is 16.1. The summed E-state index contributed by atoms with van der Waals surface area (Å²) in [7, 11) is 0. The molecule has 1 N–H and O–H groups in total. The van der Waals surface area contributed by atoms with Gasteiger partial charge >= 0.3 is 6.03 Å². The van der Waals surface area contributed by atoms with E-state index in [0.29, 0.717) is 24.6 Å². The van der Waals surface area contributed by atoms with Crippen LogP contribution in [0.5, 0.6) is 5.75 Å². The smallest absolute Gasteiger partial charge is 0.322 e. The van der Waals surface area contributed by atoms with Gasteiger partial charge in [-0.05, 0) is 12.1 Å². The first-order chi connectivity index (χ1) is 11.3. The number of piperazine rings is 1. The molecule has 3 rings (SSSR count). The molecule has 6 nitrogen and oxygen atoms in total. The lowest BCUT2D eigenvalue weighted by Gasteiger charge is -2.43. The van der Waals surface area contributed by atoms with Crippen LogP contribution >= 0.6 is 0 Å². The van der Waals surface area contributed by atoms with Crippen LogP contribution in [-0.2, 0) is 4.74 Å². The number of terminal acetylenes is 1. The van der Waals surface area contributed by atoms with Gasteiger partial charge in [-0.25, -0.2) is 4.79 Å². The third-order valence-corrected chi connectivity index (χ3v) is 4.16. The summed E-state index contributed by atoms with van der Waals surface area (Å²) in [5, 5.41) is 2.92. The Hall–Kier alpha value is -2.23. The second kappa shape index (κ2) is 7.36. The van der Waals surface area contributed by atoms with Crippen molar-refractivity contribution < 1.29 is 14.3 Å². The fourth-order valence-electron chi connectivity index (χ4n) is 2.94. The van der Waals surface area contributed by atoms with E-state index in [-0.39, 0.29) is 18.7 Å². The Balaban J connectivity index is 1.62. The Morgan fingerprint density at radius 1 is 1.39 bits per heavy atom. The summed E-state index contributed by atoms with van der Waals surface area (Å²) in [4.78, 5) is 16.7. The summed E-state index contributed by atoms with van der Waals surface area (Å²) in [5.41, 5.74) is 0.634. The highest BCUT2D eigenvalue weighted by atomic mass is 16.5. The molecular formula is C17H21N3O3. The fourth-order valence-corrected chi connectivity index (χ4v) is 2.94. The van der Waals surface area contributed by atoms with Crippen LogP contribution in [0.3, 0.4) is 0 Å². The minimum Gasteiger partial charge on any atom is -0.479 e. The van der Waals surface area contributed by atoms with Crippen LogP contribution in [0.2, 0.25) is 0 Å². The first-order valence-electron chi connectivity index (χ1n) is 7.81. The van der Waals surface area contributed by atoms with E-state index in [9.17, 15) is 4.79 Å². The van der Waals surface area contributed by atoms with Crippen LogP contribution in [-0.4, -0.2) is 67.9 Å². The van der Waals surface area contributed by atoms with Gasteiger partial charge in [-0.15, -0.1) is 6.42 Å². The van der Waals surface area contributed by atoms with Gasteiger partial charge in [0.2, 0.25) is 0 Å². The number of carbonyl (C=O) groups is 1. The van der Waals surface area contributed by atoms with E-state index in [0.717, 1.165) is 26.2 Å². The monoisotopic (exact) mass is 315 g/mol. The maximum atomic E-state index is 12.5. The van der Waals surface area contributed by atoms with Crippen LogP contribution in [0, 0.1) is 12.3 Å². The highest BCUT2D eigenvalue weighted by Gasteiger charge is 2.31. The Morgan fingerprint density at radius 2 is 2.26 bits per heavy atom. The quantitative estimate of drug-likeness (QED) is 0.853. The van der Waals surface area contributed by atoms with Crippen molar-refractivity contribution in [2.24, 2.45) is 0 Å². The van der Waals surface area contributed by atoms with Crippen molar-refractivity contribution in [2.75, 3.05) is 51.3 Å². The van der Waals surface area contributed by atoms with Crippen molar-refractivity contribution in [2.45, 2.75) is 6.04 Å². The van der Waals surface area contributed by atoms with Gasteiger partial charge in [0.25, 0.3) is 0 Å². The average molecular weight is 315 g/mol. The highest BCUT2D eigenvalue weighted by molar-refractivity contribution is 5.91. The van der Waals surface area contributed by atoms with Gasteiger partial charge in [-0.3, -0.25) is 4.90 Å². The van der Waals surface area contributed by atoms with Crippen molar-refractivity contribution in [1.82, 2.24) is 9.80 Å². The number of nitrogens with one attached hydrogen (secondary N) is 1. The van der Waals surface area contributed by atoms with Crippen molar-refractivity contribution in [3.63, 3.8) is 0 Å². The molecule has 0 spiro atoms. The predicted molar refractivity (Wildman–Crippen MR) is 87.5 cm³/mol. The van der Waals surface area contributed by atoms with Crippen molar-refractivity contribution in [1.29, 1.82) is 0 Å². The number of ether oxygens (including phenoxy) is 2. The van der Waals surface area contributed by atoms with Crippen LogP contribution in [0.15, 0.2) is 24.3 Å². The minimum atomic E-state index is -0.119. The lowest BCUT2D eigenvalue weighted by atomic mass is 10.1. The van der Waals surface area contributed by atoms with Gasteiger partial charge in [0.1, 0.15) is 12.4 Å². The molecule has 1 aromatic rings. The maximum Gasteiger partial charge on any atom is 0.322 e. The SMILES string of the molecule is C#CCOc1ccccc1NC(=O)N1CCN2CCOC[C@H]2C1. The highest BCUT2D eigenvalue weighted by Crippen LogP contribution is 2.24. The van der Waals surface area contributed by atoms with Gasteiger partial charge in [-0.1, -0.05) is 18.1 Å². The van der Waals surface area contributed by atoms with Crippen LogP contribution < -0.4 is 10.1 Å². The molecular weight excluding hydrogens is 294 g/mol. The number of rotatable bonds is 3. The molecule has 0 saturated carbocycles. The third kappa shape index (κ3) is 3.76. The summed E-state index contributed by atoms with van der Waals surface area (Å²) in [6.45, 7) is 4.87. The molecule has 0 unspecified atom stereocenters. The molecule has 1 atom stereocenters. The summed E-state index contributed by atoms with van der Waals surface area (Å²) in [6, 6.07) is 7.47. The molecule has 0 bridgehead atoms. The molecule has 2 amide bonds. The van der Waals surface area contributed by atoms with Gasteiger partial charge in [0.05, 0.1) is 24.9 Å². The normalized spacial score (nSPS) is 21.2. The molecule has 2 heterocycles. The number of anilines is 1. The van der Waals surface area contributed by atoms with Gasteiger partial charge in [-0.2, -0.15) is 0 Å². The number of amides is 2. The van der Waals surface area contributed by atoms with E-state index in [4.69, 9.17) is 15.9 Å². The van der Waals surface area contributed by atoms with Crippen LogP contribution in [0.1, 0.15) is 0 Å². The van der Waals surface area contributed by atoms with E-state index >= 15 is 0 Å². The summed E-state index contributed by atoms with van der Waals surface area (Å²) < 4.78 is 11.0. The fraction of sp³-hybridized carbons (Fsp3) is 0.471.